The molecule has 1 atom stereocenters. The molecule has 2 aromatic carbocycles. The fourth-order valence-corrected chi connectivity index (χ4v) is 2.50. The number of amides is 2. The molecule has 1 unspecified atom stereocenters. The molecule has 7 nitrogen and oxygen atoms in total. The smallest absolute Gasteiger partial charge is 0.341 e. The van der Waals surface area contributed by atoms with Crippen molar-refractivity contribution >= 4 is 17.8 Å². The lowest BCUT2D eigenvalue weighted by molar-refractivity contribution is -0.139. The lowest BCUT2D eigenvalue weighted by Crippen LogP contribution is -2.28. The predicted molar refractivity (Wildman–Crippen MR) is 105 cm³/mol. The molecule has 2 aromatic rings. The maximum Gasteiger partial charge on any atom is 0.341 e. The Bertz CT molecular complexity index is 833. The van der Waals surface area contributed by atoms with Crippen LogP contribution in [0, 0.1) is 0 Å². The van der Waals surface area contributed by atoms with E-state index < -0.39 is 12.6 Å². The fourth-order valence-electron chi connectivity index (χ4n) is 2.50. The van der Waals surface area contributed by atoms with Crippen molar-refractivity contribution in [2.75, 3.05) is 13.2 Å². The zero-order chi connectivity index (χ0) is 20.5. The standard InChI is InChI=1S/C21H24N2O5/c1-3-11-22-20(26)16-5-4-6-17(12-16)21(27)23-14(2)15-7-9-18(10-8-15)28-13-19(24)25/h4-10,12,14H,3,11,13H2,1-2H3,(H,22,26)(H,23,27)(H,24,25). The maximum atomic E-state index is 12.5. The molecule has 0 aliphatic carbocycles. The summed E-state index contributed by atoms with van der Waals surface area (Å²) in [4.78, 5) is 35.1. The van der Waals surface area contributed by atoms with Crippen LogP contribution >= 0.6 is 0 Å². The van der Waals surface area contributed by atoms with Crippen molar-refractivity contribution < 1.29 is 24.2 Å². The average molecular weight is 384 g/mol. The number of carbonyl (C=O) groups is 3. The van der Waals surface area contributed by atoms with E-state index in [9.17, 15) is 14.4 Å². The molecule has 0 aromatic heterocycles. The highest BCUT2D eigenvalue weighted by Gasteiger charge is 2.14. The Morgan fingerprint density at radius 3 is 2.29 bits per heavy atom. The first-order valence-electron chi connectivity index (χ1n) is 9.04. The molecule has 0 aliphatic heterocycles. The predicted octanol–water partition coefficient (Wildman–Crippen LogP) is 2.78. The summed E-state index contributed by atoms with van der Waals surface area (Å²) < 4.78 is 5.09. The van der Waals surface area contributed by atoms with Crippen LogP contribution in [-0.2, 0) is 4.79 Å². The van der Waals surface area contributed by atoms with Crippen molar-refractivity contribution in [3.8, 4) is 5.75 Å². The van der Waals surface area contributed by atoms with E-state index in [1.54, 1.807) is 48.5 Å². The first kappa shape index (κ1) is 21.0. The van der Waals surface area contributed by atoms with Crippen LogP contribution in [0.25, 0.3) is 0 Å². The van der Waals surface area contributed by atoms with Crippen molar-refractivity contribution in [2.45, 2.75) is 26.3 Å². The quantitative estimate of drug-likeness (QED) is 0.617. The fraction of sp³-hybridized carbons (Fsp3) is 0.286. The van der Waals surface area contributed by atoms with Crippen LogP contribution in [0.2, 0.25) is 0 Å². The number of carbonyl (C=O) groups excluding carboxylic acids is 2. The number of hydrogen-bond acceptors (Lipinski definition) is 4. The highest BCUT2D eigenvalue weighted by atomic mass is 16.5. The van der Waals surface area contributed by atoms with Gasteiger partial charge in [-0.2, -0.15) is 0 Å². The minimum Gasteiger partial charge on any atom is -0.482 e. The van der Waals surface area contributed by atoms with Crippen molar-refractivity contribution in [1.82, 2.24) is 10.6 Å². The number of nitrogens with one attached hydrogen (secondary N) is 2. The van der Waals surface area contributed by atoms with Gasteiger partial charge in [0.25, 0.3) is 11.8 Å². The van der Waals surface area contributed by atoms with E-state index >= 15 is 0 Å². The van der Waals surface area contributed by atoms with Crippen LogP contribution in [0.4, 0.5) is 0 Å². The monoisotopic (exact) mass is 384 g/mol. The van der Waals surface area contributed by atoms with Gasteiger partial charge in [0.1, 0.15) is 5.75 Å². The summed E-state index contributed by atoms with van der Waals surface area (Å²) in [7, 11) is 0. The number of ether oxygens (including phenoxy) is 1. The van der Waals surface area contributed by atoms with Crippen LogP contribution in [0.15, 0.2) is 48.5 Å². The molecule has 0 spiro atoms. The minimum atomic E-state index is -1.05. The molecule has 0 fully saturated rings. The zero-order valence-electron chi connectivity index (χ0n) is 15.9. The van der Waals surface area contributed by atoms with Crippen LogP contribution in [0.3, 0.4) is 0 Å². The second kappa shape index (κ2) is 10.1. The lowest BCUT2D eigenvalue weighted by atomic mass is 10.1. The maximum absolute atomic E-state index is 12.5. The number of aliphatic carboxylic acids is 1. The third kappa shape index (κ3) is 6.12. The Labute approximate surface area is 163 Å². The summed E-state index contributed by atoms with van der Waals surface area (Å²) in [5.41, 5.74) is 1.68. The Kier molecular flexibility index (Phi) is 7.56. The lowest BCUT2D eigenvalue weighted by Gasteiger charge is -2.15. The van der Waals surface area contributed by atoms with E-state index in [0.717, 1.165) is 12.0 Å². The molecule has 2 rings (SSSR count). The molecule has 7 heteroatoms. The SMILES string of the molecule is CCCNC(=O)c1cccc(C(=O)NC(C)c2ccc(OCC(=O)O)cc2)c1. The summed E-state index contributed by atoms with van der Waals surface area (Å²) >= 11 is 0. The van der Waals surface area contributed by atoms with Crippen molar-refractivity contribution in [1.29, 1.82) is 0 Å². The minimum absolute atomic E-state index is 0.207. The summed E-state index contributed by atoms with van der Waals surface area (Å²) in [6, 6.07) is 13.1. The van der Waals surface area contributed by atoms with Gasteiger partial charge < -0.3 is 20.5 Å². The second-order valence-corrected chi connectivity index (χ2v) is 6.28. The molecule has 28 heavy (non-hydrogen) atoms. The highest BCUT2D eigenvalue weighted by molar-refractivity contribution is 5.99. The van der Waals surface area contributed by atoms with Crippen LogP contribution in [0.5, 0.6) is 5.75 Å². The van der Waals surface area contributed by atoms with E-state index in [-0.39, 0.29) is 17.9 Å². The van der Waals surface area contributed by atoms with Crippen molar-refractivity contribution in [3.05, 3.63) is 65.2 Å². The molecule has 0 saturated heterocycles. The first-order valence-corrected chi connectivity index (χ1v) is 9.04. The van der Waals surface area contributed by atoms with Crippen LogP contribution in [-0.4, -0.2) is 36.0 Å². The first-order chi connectivity index (χ1) is 13.4. The third-order valence-corrected chi connectivity index (χ3v) is 4.01. The second-order valence-electron chi connectivity index (χ2n) is 6.28. The van der Waals surface area contributed by atoms with Gasteiger partial charge in [0.15, 0.2) is 6.61 Å². The summed E-state index contributed by atoms with van der Waals surface area (Å²) in [5, 5.41) is 14.3. The van der Waals surface area contributed by atoms with Gasteiger partial charge in [-0.25, -0.2) is 4.79 Å². The Hall–Kier alpha value is -3.35. The molecule has 0 aliphatic rings. The average Bonchev–Trinajstić information content (AvgIpc) is 2.70. The largest absolute Gasteiger partial charge is 0.482 e. The number of carboxylic acid groups (broad SMARTS) is 1. The normalized spacial score (nSPS) is 11.4. The van der Waals surface area contributed by atoms with E-state index in [4.69, 9.17) is 9.84 Å². The Balaban J connectivity index is 2.00. The van der Waals surface area contributed by atoms with Gasteiger partial charge >= 0.3 is 5.97 Å². The van der Waals surface area contributed by atoms with Crippen molar-refractivity contribution in [2.24, 2.45) is 0 Å². The molecular weight excluding hydrogens is 360 g/mol. The summed E-state index contributed by atoms with van der Waals surface area (Å²) in [5.74, 6) is -1.10. The number of rotatable bonds is 9. The molecule has 0 bridgehead atoms. The van der Waals surface area contributed by atoms with E-state index in [0.29, 0.717) is 23.4 Å². The van der Waals surface area contributed by atoms with Gasteiger partial charge in [0.2, 0.25) is 0 Å². The summed E-state index contributed by atoms with van der Waals surface area (Å²) in [6.07, 6.45) is 0.837. The molecule has 0 radical (unpaired) electrons. The van der Waals surface area contributed by atoms with E-state index in [1.165, 1.54) is 0 Å². The van der Waals surface area contributed by atoms with Crippen LogP contribution < -0.4 is 15.4 Å². The Morgan fingerprint density at radius 1 is 1.04 bits per heavy atom. The molecule has 0 saturated carbocycles. The highest BCUT2D eigenvalue weighted by Crippen LogP contribution is 2.18. The van der Waals surface area contributed by atoms with Gasteiger partial charge in [-0.15, -0.1) is 0 Å². The van der Waals surface area contributed by atoms with Gasteiger partial charge in [0.05, 0.1) is 6.04 Å². The van der Waals surface area contributed by atoms with Gasteiger partial charge in [-0.3, -0.25) is 9.59 Å². The number of hydrogen-bond donors (Lipinski definition) is 3. The van der Waals surface area contributed by atoms with E-state index in [1.807, 2.05) is 13.8 Å². The molecule has 2 amide bonds. The molecule has 0 heterocycles. The molecule has 148 valence electrons. The van der Waals surface area contributed by atoms with Gasteiger partial charge in [-0.05, 0) is 49.2 Å². The van der Waals surface area contributed by atoms with E-state index in [2.05, 4.69) is 10.6 Å². The number of carboxylic acids is 1. The molecular formula is C21H24N2O5. The number of benzene rings is 2. The van der Waals surface area contributed by atoms with Crippen molar-refractivity contribution in [3.63, 3.8) is 0 Å². The Morgan fingerprint density at radius 2 is 1.68 bits per heavy atom. The third-order valence-electron chi connectivity index (χ3n) is 4.01. The topological polar surface area (TPSA) is 105 Å². The van der Waals surface area contributed by atoms with Crippen LogP contribution in [0.1, 0.15) is 52.6 Å². The van der Waals surface area contributed by atoms with Gasteiger partial charge in [0, 0.05) is 17.7 Å². The van der Waals surface area contributed by atoms with Gasteiger partial charge in [-0.1, -0.05) is 25.1 Å². The zero-order valence-corrected chi connectivity index (χ0v) is 15.9. The summed E-state index contributed by atoms with van der Waals surface area (Å²) in [6.45, 7) is 3.98. The molecule has 3 N–H and O–H groups in total.